The number of aliphatic hydroxyl groups excluding tert-OH is 1. The number of phosphoric ester groups is 1. The second-order valence-electron chi connectivity index (χ2n) is 9.59. The SMILES string of the molecule is CCCCCCCCCCCCC/C=C\[C@H](O)[C@H]([NH3+])COP(=O)([O-])OCC[N+](C)(C)C.[Cl-]. The zero-order chi connectivity index (χ0) is 23.6. The van der Waals surface area contributed by atoms with Crippen LogP contribution in [0.15, 0.2) is 12.2 Å². The van der Waals surface area contributed by atoms with Gasteiger partial charge in [-0.05, 0) is 12.8 Å². The standard InChI is InChI=1S/C23H49N2O5P.ClH/c1-5-6-7-8-9-10-11-12-13-14-15-16-17-18-23(26)22(24)21-30-31(27,28)29-20-19-25(2,3)4;/h17-18,22-23,26H,5-16,19-21,24H2,1-4H3;1H/b18-17-;/t22-,23+;/m1./s1. The summed E-state index contributed by atoms with van der Waals surface area (Å²) in [7, 11) is 1.48. The highest BCUT2D eigenvalue weighted by Gasteiger charge is 2.20. The van der Waals surface area contributed by atoms with Crippen LogP contribution in [0.5, 0.6) is 0 Å². The summed E-state index contributed by atoms with van der Waals surface area (Å²) in [5, 5.41) is 10.1. The van der Waals surface area contributed by atoms with Gasteiger partial charge in [0.1, 0.15) is 31.9 Å². The van der Waals surface area contributed by atoms with Gasteiger partial charge in [0.25, 0.3) is 7.82 Å². The lowest BCUT2D eigenvalue weighted by Crippen LogP contribution is -3.00. The number of phosphoric acid groups is 1. The molecule has 0 fully saturated rings. The van der Waals surface area contributed by atoms with Crippen LogP contribution in [0.2, 0.25) is 0 Å². The summed E-state index contributed by atoms with van der Waals surface area (Å²) in [4.78, 5) is 11.8. The van der Waals surface area contributed by atoms with E-state index in [1.54, 1.807) is 6.08 Å². The summed E-state index contributed by atoms with van der Waals surface area (Å²) >= 11 is 0. The molecule has 0 heterocycles. The summed E-state index contributed by atoms with van der Waals surface area (Å²) < 4.78 is 22.1. The van der Waals surface area contributed by atoms with Crippen LogP contribution in [0.1, 0.15) is 84.0 Å². The summed E-state index contributed by atoms with van der Waals surface area (Å²) in [5.74, 6) is 0. The number of allylic oxidation sites excluding steroid dienone is 1. The molecule has 0 aromatic heterocycles. The quantitative estimate of drug-likeness (QED) is 0.103. The van der Waals surface area contributed by atoms with Gasteiger partial charge in [-0.25, -0.2) is 0 Å². The van der Waals surface area contributed by atoms with Gasteiger partial charge >= 0.3 is 0 Å². The van der Waals surface area contributed by atoms with E-state index in [0.717, 1.165) is 12.8 Å². The van der Waals surface area contributed by atoms with Crippen LogP contribution >= 0.6 is 7.82 Å². The van der Waals surface area contributed by atoms with Gasteiger partial charge in [0.15, 0.2) is 0 Å². The maximum Gasteiger partial charge on any atom is 0.268 e. The Kier molecular flexibility index (Phi) is 21.8. The van der Waals surface area contributed by atoms with E-state index in [4.69, 9.17) is 9.05 Å². The molecule has 0 bridgehead atoms. The molecule has 0 saturated heterocycles. The molecule has 0 radical (unpaired) electrons. The number of hydrogen-bond donors (Lipinski definition) is 2. The van der Waals surface area contributed by atoms with Crippen LogP contribution in [0.4, 0.5) is 0 Å². The Morgan fingerprint density at radius 1 is 0.969 bits per heavy atom. The predicted molar refractivity (Wildman–Crippen MR) is 125 cm³/mol. The highest BCUT2D eigenvalue weighted by molar-refractivity contribution is 7.45. The van der Waals surface area contributed by atoms with Crippen LogP contribution in [-0.2, 0) is 13.6 Å². The molecule has 32 heavy (non-hydrogen) atoms. The number of nitrogens with zero attached hydrogens (tertiary/aromatic N) is 1. The van der Waals surface area contributed by atoms with Crippen molar-refractivity contribution in [1.82, 2.24) is 0 Å². The van der Waals surface area contributed by atoms with E-state index >= 15 is 0 Å². The number of rotatable bonds is 21. The number of likely N-dealkylation sites (N-methyl/N-ethyl adjacent to an activating group) is 1. The first kappa shape index (κ1) is 34.2. The van der Waals surface area contributed by atoms with Crippen LogP contribution in [-0.4, -0.2) is 62.6 Å². The van der Waals surface area contributed by atoms with Crippen molar-refractivity contribution in [3.63, 3.8) is 0 Å². The zero-order valence-electron chi connectivity index (χ0n) is 21.0. The number of aliphatic hydroxyl groups is 1. The third kappa shape index (κ3) is 23.2. The van der Waals surface area contributed by atoms with E-state index in [2.05, 4.69) is 12.7 Å². The van der Waals surface area contributed by atoms with Crippen molar-refractivity contribution >= 4 is 7.82 Å². The number of halogens is 1. The molecule has 0 amide bonds. The highest BCUT2D eigenvalue weighted by atomic mass is 35.5. The topological polar surface area (TPSA) is 106 Å². The van der Waals surface area contributed by atoms with Crippen molar-refractivity contribution in [1.29, 1.82) is 0 Å². The molecule has 0 rings (SSSR count). The minimum atomic E-state index is -4.37. The van der Waals surface area contributed by atoms with Crippen molar-refractivity contribution in [3.05, 3.63) is 12.2 Å². The molecule has 9 heteroatoms. The van der Waals surface area contributed by atoms with E-state index < -0.39 is 20.0 Å². The van der Waals surface area contributed by atoms with Gasteiger partial charge in [0.05, 0.1) is 21.1 Å². The Morgan fingerprint density at radius 2 is 1.47 bits per heavy atom. The van der Waals surface area contributed by atoms with Crippen LogP contribution in [0.3, 0.4) is 0 Å². The van der Waals surface area contributed by atoms with Crippen molar-refractivity contribution < 1.29 is 46.2 Å². The number of hydrogen-bond acceptors (Lipinski definition) is 5. The molecule has 0 aromatic carbocycles. The maximum atomic E-state index is 11.8. The summed E-state index contributed by atoms with van der Waals surface area (Å²) in [6.07, 6.45) is 18.1. The van der Waals surface area contributed by atoms with Crippen LogP contribution < -0.4 is 23.0 Å². The van der Waals surface area contributed by atoms with Gasteiger partial charge in [-0.2, -0.15) is 0 Å². The third-order valence-corrected chi connectivity index (χ3v) is 6.21. The molecule has 7 nitrogen and oxygen atoms in total. The number of quaternary nitrogens is 2. The molecule has 0 aliphatic carbocycles. The van der Waals surface area contributed by atoms with E-state index in [1.165, 1.54) is 64.2 Å². The normalized spacial score (nSPS) is 16.0. The fourth-order valence-electron chi connectivity index (χ4n) is 3.07. The Bertz CT molecular complexity index is 503. The Hall–Kier alpha value is 0.0200. The van der Waals surface area contributed by atoms with E-state index in [9.17, 15) is 14.6 Å². The minimum absolute atomic E-state index is 0. The lowest BCUT2D eigenvalue weighted by molar-refractivity contribution is -0.870. The van der Waals surface area contributed by atoms with Gasteiger partial charge < -0.3 is 41.7 Å². The van der Waals surface area contributed by atoms with Crippen LogP contribution in [0, 0.1) is 0 Å². The smallest absolute Gasteiger partial charge is 0.268 e. The van der Waals surface area contributed by atoms with E-state index in [1.807, 2.05) is 27.2 Å². The molecule has 0 saturated carbocycles. The molecular weight excluding hydrogens is 451 g/mol. The lowest BCUT2D eigenvalue weighted by Gasteiger charge is -2.27. The fourth-order valence-corrected chi connectivity index (χ4v) is 3.82. The van der Waals surface area contributed by atoms with Gasteiger partial charge in [0, 0.05) is 0 Å². The first-order valence-corrected chi connectivity index (χ1v) is 13.6. The maximum absolute atomic E-state index is 11.8. The van der Waals surface area contributed by atoms with Crippen LogP contribution in [0.25, 0.3) is 0 Å². The molecule has 0 aliphatic heterocycles. The first-order valence-electron chi connectivity index (χ1n) is 12.2. The second kappa shape index (κ2) is 20.4. The zero-order valence-corrected chi connectivity index (χ0v) is 22.6. The molecular formula is C23H50ClN2O5P. The molecule has 0 aromatic rings. The average Bonchev–Trinajstić information content (AvgIpc) is 2.68. The molecule has 4 N–H and O–H groups in total. The number of unbranched alkanes of at least 4 members (excludes halogenated alkanes) is 11. The van der Waals surface area contributed by atoms with Gasteiger partial charge in [-0.3, -0.25) is 4.57 Å². The predicted octanol–water partition coefficient (Wildman–Crippen LogP) is 0.427. The van der Waals surface area contributed by atoms with Crippen molar-refractivity contribution in [2.45, 2.75) is 96.1 Å². The molecule has 1 unspecified atom stereocenters. The van der Waals surface area contributed by atoms with Crippen molar-refractivity contribution in [2.75, 3.05) is 40.9 Å². The van der Waals surface area contributed by atoms with Gasteiger partial charge in [0.2, 0.25) is 0 Å². The molecule has 0 spiro atoms. The lowest BCUT2D eigenvalue weighted by atomic mass is 10.0. The van der Waals surface area contributed by atoms with Gasteiger partial charge in [-0.1, -0.05) is 83.3 Å². The summed E-state index contributed by atoms with van der Waals surface area (Å²) in [6, 6.07) is -0.571. The third-order valence-electron chi connectivity index (χ3n) is 5.25. The summed E-state index contributed by atoms with van der Waals surface area (Å²) in [5.41, 5.74) is 3.80. The summed E-state index contributed by atoms with van der Waals surface area (Å²) in [6.45, 7) is 2.66. The minimum Gasteiger partial charge on any atom is -1.00 e. The van der Waals surface area contributed by atoms with E-state index in [-0.39, 0.29) is 25.6 Å². The molecule has 0 aliphatic rings. The van der Waals surface area contributed by atoms with E-state index in [0.29, 0.717) is 11.0 Å². The average molecular weight is 501 g/mol. The largest absolute Gasteiger partial charge is 1.00 e. The Morgan fingerprint density at radius 3 is 1.97 bits per heavy atom. The second-order valence-corrected chi connectivity index (χ2v) is 11.0. The van der Waals surface area contributed by atoms with Crippen molar-refractivity contribution in [2.24, 2.45) is 0 Å². The first-order chi connectivity index (χ1) is 14.6. The Labute approximate surface area is 203 Å². The monoisotopic (exact) mass is 500 g/mol. The van der Waals surface area contributed by atoms with Crippen molar-refractivity contribution in [3.8, 4) is 0 Å². The van der Waals surface area contributed by atoms with Gasteiger partial charge in [-0.15, -0.1) is 0 Å². The highest BCUT2D eigenvalue weighted by Crippen LogP contribution is 2.38. The molecule has 3 atom stereocenters. The molecule has 194 valence electrons. The Balaban J connectivity index is 0. The fraction of sp³-hybridized carbons (Fsp3) is 0.913.